The minimum absolute atomic E-state index is 0.0715. The average Bonchev–Trinajstić information content (AvgIpc) is 2.69. The number of carboxylic acids is 1. The second kappa shape index (κ2) is 8.65. The lowest BCUT2D eigenvalue weighted by molar-refractivity contribution is -0.143. The normalized spacial score (nSPS) is 16.2. The lowest BCUT2D eigenvalue weighted by Gasteiger charge is -2.28. The first-order valence-electron chi connectivity index (χ1n) is 9.30. The molecular weight excluding hydrogens is 326 g/mol. The zero-order valence-corrected chi connectivity index (χ0v) is 14.8. The predicted octanol–water partition coefficient (Wildman–Crippen LogP) is 3.97. The SMILES string of the molecule is O=C(N[C@@H](C(=O)O)C(c1ccccc1)c1ccccc1)C1CCCCC1. The lowest BCUT2D eigenvalue weighted by Crippen LogP contribution is -2.47. The summed E-state index contributed by atoms with van der Waals surface area (Å²) in [5, 5.41) is 12.7. The fraction of sp³-hybridized carbons (Fsp3) is 0.364. The van der Waals surface area contributed by atoms with Crippen LogP contribution in [0.2, 0.25) is 0 Å². The molecule has 1 amide bonds. The molecule has 2 N–H and O–H groups in total. The Morgan fingerprint density at radius 1 is 0.846 bits per heavy atom. The quantitative estimate of drug-likeness (QED) is 0.827. The number of benzene rings is 2. The Balaban J connectivity index is 1.90. The largest absolute Gasteiger partial charge is 0.480 e. The van der Waals surface area contributed by atoms with Crippen LogP contribution in [0.1, 0.15) is 49.1 Å². The highest BCUT2D eigenvalue weighted by Gasteiger charge is 2.34. The molecular formula is C22H25NO3. The molecule has 0 heterocycles. The van der Waals surface area contributed by atoms with E-state index in [4.69, 9.17) is 0 Å². The molecule has 1 aliphatic rings. The van der Waals surface area contributed by atoms with Gasteiger partial charge in [0.25, 0.3) is 0 Å². The van der Waals surface area contributed by atoms with Crippen molar-refractivity contribution in [3.05, 3.63) is 71.8 Å². The minimum Gasteiger partial charge on any atom is -0.480 e. The van der Waals surface area contributed by atoms with Gasteiger partial charge in [-0.05, 0) is 24.0 Å². The van der Waals surface area contributed by atoms with Gasteiger partial charge in [0.15, 0.2) is 0 Å². The van der Waals surface area contributed by atoms with Gasteiger partial charge in [-0.25, -0.2) is 4.79 Å². The summed E-state index contributed by atoms with van der Waals surface area (Å²) in [4.78, 5) is 24.8. The van der Waals surface area contributed by atoms with Crippen LogP contribution in [0, 0.1) is 5.92 Å². The molecule has 136 valence electrons. The van der Waals surface area contributed by atoms with Crippen LogP contribution in [0.5, 0.6) is 0 Å². The third-order valence-corrected chi connectivity index (χ3v) is 5.19. The van der Waals surface area contributed by atoms with Gasteiger partial charge in [-0.2, -0.15) is 0 Å². The number of nitrogens with one attached hydrogen (secondary N) is 1. The van der Waals surface area contributed by atoms with E-state index >= 15 is 0 Å². The van der Waals surface area contributed by atoms with Gasteiger partial charge in [0.1, 0.15) is 6.04 Å². The molecule has 0 radical (unpaired) electrons. The van der Waals surface area contributed by atoms with E-state index in [9.17, 15) is 14.7 Å². The van der Waals surface area contributed by atoms with E-state index in [0.717, 1.165) is 43.2 Å². The van der Waals surface area contributed by atoms with Crippen molar-refractivity contribution in [2.24, 2.45) is 5.92 Å². The second-order valence-electron chi connectivity index (χ2n) is 6.96. The number of rotatable bonds is 6. The Bertz CT molecular complexity index is 684. The van der Waals surface area contributed by atoms with E-state index in [1.807, 2.05) is 60.7 Å². The zero-order chi connectivity index (χ0) is 18.4. The lowest BCUT2D eigenvalue weighted by atomic mass is 9.83. The molecule has 0 spiro atoms. The molecule has 1 aliphatic carbocycles. The maximum atomic E-state index is 12.7. The first-order valence-corrected chi connectivity index (χ1v) is 9.30. The zero-order valence-electron chi connectivity index (χ0n) is 14.8. The van der Waals surface area contributed by atoms with Crippen molar-refractivity contribution in [3.8, 4) is 0 Å². The Labute approximate surface area is 154 Å². The summed E-state index contributed by atoms with van der Waals surface area (Å²) < 4.78 is 0. The molecule has 3 rings (SSSR count). The molecule has 2 aromatic carbocycles. The highest BCUT2D eigenvalue weighted by molar-refractivity contribution is 5.86. The van der Waals surface area contributed by atoms with Crippen molar-refractivity contribution >= 4 is 11.9 Å². The van der Waals surface area contributed by atoms with Gasteiger partial charge in [-0.3, -0.25) is 4.79 Å². The minimum atomic E-state index is -1.01. The summed E-state index contributed by atoms with van der Waals surface area (Å²) in [7, 11) is 0. The van der Waals surface area contributed by atoms with E-state index in [1.54, 1.807) is 0 Å². The summed E-state index contributed by atoms with van der Waals surface area (Å²) >= 11 is 0. The van der Waals surface area contributed by atoms with Crippen LogP contribution in [0.15, 0.2) is 60.7 Å². The van der Waals surface area contributed by atoms with Gasteiger partial charge < -0.3 is 10.4 Å². The van der Waals surface area contributed by atoms with E-state index < -0.39 is 17.9 Å². The Morgan fingerprint density at radius 2 is 1.35 bits per heavy atom. The number of amides is 1. The third kappa shape index (κ3) is 4.31. The molecule has 2 aromatic rings. The van der Waals surface area contributed by atoms with Crippen LogP contribution >= 0.6 is 0 Å². The molecule has 0 aliphatic heterocycles. The Hall–Kier alpha value is -2.62. The Morgan fingerprint density at radius 3 is 1.81 bits per heavy atom. The average molecular weight is 351 g/mol. The Kier molecular flexibility index (Phi) is 6.05. The molecule has 1 fully saturated rings. The fourth-order valence-electron chi connectivity index (χ4n) is 3.82. The second-order valence-corrected chi connectivity index (χ2v) is 6.96. The van der Waals surface area contributed by atoms with Gasteiger partial charge in [0, 0.05) is 11.8 Å². The topological polar surface area (TPSA) is 66.4 Å². The molecule has 0 aromatic heterocycles. The molecule has 1 saturated carbocycles. The van der Waals surface area contributed by atoms with Crippen LogP contribution in [0.3, 0.4) is 0 Å². The van der Waals surface area contributed by atoms with Crippen LogP contribution in [0.4, 0.5) is 0 Å². The van der Waals surface area contributed by atoms with Crippen molar-refractivity contribution in [2.45, 2.75) is 44.1 Å². The molecule has 26 heavy (non-hydrogen) atoms. The van der Waals surface area contributed by atoms with Gasteiger partial charge >= 0.3 is 5.97 Å². The molecule has 0 saturated heterocycles. The molecule has 4 nitrogen and oxygen atoms in total. The van der Waals surface area contributed by atoms with Crippen molar-refractivity contribution in [1.82, 2.24) is 5.32 Å². The maximum Gasteiger partial charge on any atom is 0.327 e. The third-order valence-electron chi connectivity index (χ3n) is 5.19. The number of carbonyl (C=O) groups excluding carboxylic acids is 1. The number of hydrogen-bond acceptors (Lipinski definition) is 2. The first kappa shape index (κ1) is 18.2. The fourth-order valence-corrected chi connectivity index (χ4v) is 3.82. The van der Waals surface area contributed by atoms with Crippen molar-refractivity contribution in [2.75, 3.05) is 0 Å². The number of aliphatic carboxylic acids is 1. The van der Waals surface area contributed by atoms with Gasteiger partial charge in [0.2, 0.25) is 5.91 Å². The number of carbonyl (C=O) groups is 2. The van der Waals surface area contributed by atoms with Crippen LogP contribution in [-0.2, 0) is 9.59 Å². The highest BCUT2D eigenvalue weighted by Crippen LogP contribution is 2.30. The van der Waals surface area contributed by atoms with Crippen LogP contribution in [-0.4, -0.2) is 23.0 Å². The predicted molar refractivity (Wildman–Crippen MR) is 101 cm³/mol. The van der Waals surface area contributed by atoms with E-state index in [1.165, 1.54) is 0 Å². The van der Waals surface area contributed by atoms with Crippen molar-refractivity contribution < 1.29 is 14.7 Å². The molecule has 1 atom stereocenters. The monoisotopic (exact) mass is 351 g/mol. The van der Waals surface area contributed by atoms with Crippen LogP contribution < -0.4 is 5.32 Å². The van der Waals surface area contributed by atoms with Crippen molar-refractivity contribution in [3.63, 3.8) is 0 Å². The van der Waals surface area contributed by atoms with Gasteiger partial charge in [-0.15, -0.1) is 0 Å². The van der Waals surface area contributed by atoms with E-state index in [-0.39, 0.29) is 11.8 Å². The van der Waals surface area contributed by atoms with Gasteiger partial charge in [0.05, 0.1) is 0 Å². The summed E-state index contributed by atoms with van der Waals surface area (Å²) in [5.41, 5.74) is 1.77. The summed E-state index contributed by atoms with van der Waals surface area (Å²) in [6.07, 6.45) is 4.93. The molecule has 0 unspecified atom stereocenters. The summed E-state index contributed by atoms with van der Waals surface area (Å²) in [6.45, 7) is 0. The number of carboxylic acid groups (broad SMARTS) is 1. The molecule has 0 bridgehead atoms. The summed E-state index contributed by atoms with van der Waals surface area (Å²) in [6, 6.07) is 18.1. The smallest absolute Gasteiger partial charge is 0.327 e. The number of hydrogen-bond donors (Lipinski definition) is 2. The summed E-state index contributed by atoms with van der Waals surface area (Å²) in [5.74, 6) is -1.64. The van der Waals surface area contributed by atoms with E-state index in [2.05, 4.69) is 5.32 Å². The maximum absolute atomic E-state index is 12.7. The standard InChI is InChI=1S/C22H25NO3/c24-21(18-14-8-3-9-15-18)23-20(22(25)26)19(16-10-4-1-5-11-16)17-12-6-2-7-13-17/h1-2,4-7,10-13,18-20H,3,8-9,14-15H2,(H,23,24)(H,25,26)/t20-/m1/s1. The van der Waals surface area contributed by atoms with Crippen molar-refractivity contribution in [1.29, 1.82) is 0 Å². The van der Waals surface area contributed by atoms with Gasteiger partial charge in [-0.1, -0.05) is 79.9 Å². The van der Waals surface area contributed by atoms with Crippen LogP contribution in [0.25, 0.3) is 0 Å². The van der Waals surface area contributed by atoms with E-state index in [0.29, 0.717) is 0 Å². The highest BCUT2D eigenvalue weighted by atomic mass is 16.4. The first-order chi connectivity index (χ1) is 12.7. The molecule has 4 heteroatoms.